The van der Waals surface area contributed by atoms with Crippen LogP contribution in [0.5, 0.6) is 0 Å². The molecule has 0 fully saturated rings. The largest absolute Gasteiger partial charge is 0.308 e. The highest BCUT2D eigenvalue weighted by atomic mass is 15.2. The molecule has 2 aliphatic rings. The molecule has 0 radical (unpaired) electrons. The fourth-order valence-corrected chi connectivity index (χ4v) is 10.2. The van der Waals surface area contributed by atoms with E-state index >= 15 is 0 Å². The molecule has 0 N–H and O–H groups in total. The molecule has 0 bridgehead atoms. The van der Waals surface area contributed by atoms with Crippen LogP contribution >= 0.6 is 0 Å². The zero-order chi connectivity index (χ0) is 42.0. The van der Waals surface area contributed by atoms with E-state index in [1.165, 1.54) is 66.8 Å². The SMILES string of the molecule is CC1(C)c2ccccc2-c2ccc(N(c3ccc(-c4ccccc4)cc3)c3ccccc3N(c3ccc(-c4ccccc4)cc3)c3ccc4c(c3)C(C)(C)c3ccccc3-4)cc21. The Hall–Kier alpha value is -7.42. The smallest absolute Gasteiger partial charge is 0.0702 e. The van der Waals surface area contributed by atoms with Crippen molar-refractivity contribution in [2.75, 3.05) is 9.80 Å². The van der Waals surface area contributed by atoms with Gasteiger partial charge in [0.15, 0.2) is 0 Å². The zero-order valence-electron chi connectivity index (χ0n) is 35.7. The lowest BCUT2D eigenvalue weighted by molar-refractivity contribution is 0.660. The van der Waals surface area contributed by atoms with Gasteiger partial charge < -0.3 is 9.80 Å². The Kier molecular flexibility index (Phi) is 8.87. The summed E-state index contributed by atoms with van der Waals surface area (Å²) < 4.78 is 0. The normalized spacial score (nSPS) is 13.7. The van der Waals surface area contributed by atoms with Gasteiger partial charge in [0.1, 0.15) is 0 Å². The summed E-state index contributed by atoms with van der Waals surface area (Å²) >= 11 is 0. The molecule has 0 aliphatic heterocycles. The van der Waals surface area contributed by atoms with Crippen LogP contribution in [0.3, 0.4) is 0 Å². The maximum absolute atomic E-state index is 2.46. The van der Waals surface area contributed by atoms with Crippen LogP contribution in [0.2, 0.25) is 0 Å². The molecule has 0 heterocycles. The standard InChI is InChI=1S/C60H48N2/c1-59(2)53-23-13-11-21-49(53)51-37-35-47(39-55(51)59)61(45-31-27-43(28-32-45)41-17-7-5-8-18-41)57-25-15-16-26-58(57)62(46-33-29-44(30-34-46)42-19-9-6-10-20-42)48-36-38-52-50-22-12-14-24-54(50)60(3,4)56(52)40-48/h5-40H,1-4H3. The number of benzene rings is 9. The van der Waals surface area contributed by atoms with Crippen molar-refractivity contribution in [3.63, 3.8) is 0 Å². The number of para-hydroxylation sites is 2. The fraction of sp³-hybridized carbons (Fsp3) is 0.100. The molecule has 0 spiro atoms. The number of fused-ring (bicyclic) bond motifs is 6. The summed E-state index contributed by atoms with van der Waals surface area (Å²) in [6.45, 7) is 9.46. The Morgan fingerprint density at radius 3 is 0.968 bits per heavy atom. The topological polar surface area (TPSA) is 6.48 Å². The Morgan fingerprint density at radius 1 is 0.258 bits per heavy atom. The van der Waals surface area contributed by atoms with Gasteiger partial charge in [0.25, 0.3) is 0 Å². The summed E-state index contributed by atoms with van der Waals surface area (Å²) in [5, 5.41) is 0. The van der Waals surface area contributed by atoms with E-state index in [-0.39, 0.29) is 10.8 Å². The first-order valence-electron chi connectivity index (χ1n) is 21.8. The van der Waals surface area contributed by atoms with Crippen molar-refractivity contribution in [3.05, 3.63) is 241 Å². The van der Waals surface area contributed by atoms with Gasteiger partial charge in [-0.1, -0.05) is 185 Å². The lowest BCUT2D eigenvalue weighted by Crippen LogP contribution is -2.19. The Balaban J connectivity index is 1.12. The molecule has 2 heteroatoms. The second-order valence-corrected chi connectivity index (χ2v) is 17.8. The Bertz CT molecular complexity index is 2890. The van der Waals surface area contributed by atoms with Gasteiger partial charge in [-0.15, -0.1) is 0 Å². The van der Waals surface area contributed by atoms with Crippen LogP contribution in [-0.2, 0) is 10.8 Å². The van der Waals surface area contributed by atoms with Gasteiger partial charge in [0, 0.05) is 33.6 Å². The molecule has 298 valence electrons. The van der Waals surface area contributed by atoms with E-state index in [4.69, 9.17) is 0 Å². The van der Waals surface area contributed by atoms with Crippen molar-refractivity contribution < 1.29 is 0 Å². The Labute approximate surface area is 366 Å². The van der Waals surface area contributed by atoms with Crippen molar-refractivity contribution in [3.8, 4) is 44.5 Å². The van der Waals surface area contributed by atoms with Crippen molar-refractivity contribution in [1.29, 1.82) is 0 Å². The predicted molar refractivity (Wildman–Crippen MR) is 262 cm³/mol. The third kappa shape index (κ3) is 6.09. The Morgan fingerprint density at radius 2 is 0.565 bits per heavy atom. The van der Waals surface area contributed by atoms with Crippen LogP contribution in [-0.4, -0.2) is 0 Å². The molecule has 0 amide bonds. The van der Waals surface area contributed by atoms with Gasteiger partial charge in [0.05, 0.1) is 11.4 Å². The quantitative estimate of drug-likeness (QED) is 0.151. The highest BCUT2D eigenvalue weighted by Gasteiger charge is 2.37. The molecule has 2 aliphatic carbocycles. The highest BCUT2D eigenvalue weighted by molar-refractivity contribution is 5.94. The average Bonchev–Trinajstić information content (AvgIpc) is 3.69. The van der Waals surface area contributed by atoms with Gasteiger partial charge in [-0.05, 0) is 127 Å². The number of nitrogens with zero attached hydrogens (tertiary/aromatic N) is 2. The molecule has 9 aromatic rings. The summed E-state index contributed by atoms with van der Waals surface area (Å²) in [6, 6.07) is 80.3. The van der Waals surface area contributed by atoms with Crippen LogP contribution in [0.1, 0.15) is 49.9 Å². The van der Waals surface area contributed by atoms with E-state index in [1.807, 2.05) is 0 Å². The van der Waals surface area contributed by atoms with Crippen molar-refractivity contribution >= 4 is 34.1 Å². The molecule has 62 heavy (non-hydrogen) atoms. The first-order valence-corrected chi connectivity index (χ1v) is 21.8. The lowest BCUT2D eigenvalue weighted by atomic mass is 9.82. The van der Waals surface area contributed by atoms with Crippen LogP contribution in [0.4, 0.5) is 34.1 Å². The zero-order valence-corrected chi connectivity index (χ0v) is 35.7. The van der Waals surface area contributed by atoms with Gasteiger partial charge in [-0.25, -0.2) is 0 Å². The summed E-state index contributed by atoms with van der Waals surface area (Å²) in [6.07, 6.45) is 0. The number of anilines is 6. The highest BCUT2D eigenvalue weighted by Crippen LogP contribution is 2.54. The van der Waals surface area contributed by atoms with E-state index in [1.54, 1.807) is 0 Å². The van der Waals surface area contributed by atoms with Gasteiger partial charge in [-0.2, -0.15) is 0 Å². The van der Waals surface area contributed by atoms with Gasteiger partial charge in [0.2, 0.25) is 0 Å². The van der Waals surface area contributed by atoms with E-state index < -0.39 is 0 Å². The van der Waals surface area contributed by atoms with Crippen LogP contribution in [0, 0.1) is 0 Å². The minimum atomic E-state index is -0.147. The molecule has 0 unspecified atom stereocenters. The molecular formula is C60H48N2. The number of hydrogen-bond donors (Lipinski definition) is 0. The maximum Gasteiger partial charge on any atom is 0.0702 e. The predicted octanol–water partition coefficient (Wildman–Crippen LogP) is 16.6. The molecule has 9 aromatic carbocycles. The van der Waals surface area contributed by atoms with Crippen LogP contribution in [0.15, 0.2) is 218 Å². The van der Waals surface area contributed by atoms with E-state index in [0.29, 0.717) is 0 Å². The van der Waals surface area contributed by atoms with Crippen molar-refractivity contribution in [1.82, 2.24) is 0 Å². The first-order chi connectivity index (χ1) is 30.3. The van der Waals surface area contributed by atoms with Crippen LogP contribution in [0.25, 0.3) is 44.5 Å². The van der Waals surface area contributed by atoms with Crippen molar-refractivity contribution in [2.24, 2.45) is 0 Å². The van der Waals surface area contributed by atoms with Gasteiger partial charge in [-0.3, -0.25) is 0 Å². The monoisotopic (exact) mass is 796 g/mol. The van der Waals surface area contributed by atoms with E-state index in [2.05, 4.69) is 256 Å². The van der Waals surface area contributed by atoms with E-state index in [0.717, 1.165) is 34.1 Å². The third-order valence-corrected chi connectivity index (χ3v) is 13.5. The molecule has 0 aromatic heterocycles. The van der Waals surface area contributed by atoms with Gasteiger partial charge >= 0.3 is 0 Å². The second-order valence-electron chi connectivity index (χ2n) is 17.8. The molecule has 0 saturated heterocycles. The lowest BCUT2D eigenvalue weighted by Gasteiger charge is -2.34. The number of hydrogen-bond acceptors (Lipinski definition) is 2. The van der Waals surface area contributed by atoms with Crippen LogP contribution < -0.4 is 9.80 Å². The minimum absolute atomic E-state index is 0.147. The van der Waals surface area contributed by atoms with E-state index in [9.17, 15) is 0 Å². The summed E-state index contributed by atoms with van der Waals surface area (Å²) in [5.41, 5.74) is 21.8. The summed E-state index contributed by atoms with van der Waals surface area (Å²) in [5.74, 6) is 0. The van der Waals surface area contributed by atoms with Crippen molar-refractivity contribution in [2.45, 2.75) is 38.5 Å². The minimum Gasteiger partial charge on any atom is -0.308 e. The number of rotatable bonds is 8. The third-order valence-electron chi connectivity index (χ3n) is 13.5. The summed E-state index contributed by atoms with van der Waals surface area (Å²) in [7, 11) is 0. The molecule has 0 saturated carbocycles. The summed E-state index contributed by atoms with van der Waals surface area (Å²) in [4.78, 5) is 4.92. The average molecular weight is 797 g/mol. The molecule has 2 nitrogen and oxygen atoms in total. The molecular weight excluding hydrogens is 749 g/mol. The molecule has 11 rings (SSSR count). The first kappa shape index (κ1) is 37.6. The fourth-order valence-electron chi connectivity index (χ4n) is 10.2. The molecule has 0 atom stereocenters. The maximum atomic E-state index is 2.46. The second kappa shape index (κ2) is 14.6.